The standard InChI is InChI=1S/C22H26N2O2/c1-3-18-9-11-20(12-10-18)23-21(26)22(19-7-5-4-6-8-19)13-15-24(16-14-22)17(2)25/h4-12H,3,13-16H2,1-2H3,(H,23,26). The van der Waals surface area contributed by atoms with Gasteiger partial charge in [-0.15, -0.1) is 0 Å². The number of hydrogen-bond acceptors (Lipinski definition) is 2. The van der Waals surface area contributed by atoms with Crippen LogP contribution in [0.2, 0.25) is 0 Å². The Bertz CT molecular complexity index is 760. The largest absolute Gasteiger partial charge is 0.343 e. The molecular formula is C22H26N2O2. The van der Waals surface area contributed by atoms with Crippen LogP contribution in [-0.4, -0.2) is 29.8 Å². The number of amides is 2. The summed E-state index contributed by atoms with van der Waals surface area (Å²) in [5.41, 5.74) is 2.48. The van der Waals surface area contributed by atoms with Gasteiger partial charge < -0.3 is 10.2 Å². The number of carbonyl (C=O) groups excluding carboxylic acids is 2. The van der Waals surface area contributed by atoms with Gasteiger partial charge in [0.25, 0.3) is 0 Å². The normalized spacial score (nSPS) is 16.2. The summed E-state index contributed by atoms with van der Waals surface area (Å²) in [7, 11) is 0. The van der Waals surface area contributed by atoms with Crippen LogP contribution in [0.25, 0.3) is 0 Å². The molecule has 0 atom stereocenters. The number of anilines is 1. The van der Waals surface area contributed by atoms with E-state index in [-0.39, 0.29) is 11.8 Å². The quantitative estimate of drug-likeness (QED) is 0.912. The molecule has 2 aromatic carbocycles. The summed E-state index contributed by atoms with van der Waals surface area (Å²) in [6.07, 6.45) is 2.24. The predicted octanol–water partition coefficient (Wildman–Crippen LogP) is 3.77. The van der Waals surface area contributed by atoms with Crippen LogP contribution >= 0.6 is 0 Å². The molecule has 0 bridgehead atoms. The number of rotatable bonds is 4. The van der Waals surface area contributed by atoms with E-state index in [1.54, 1.807) is 6.92 Å². The van der Waals surface area contributed by atoms with Gasteiger partial charge in [-0.25, -0.2) is 0 Å². The SMILES string of the molecule is CCc1ccc(NC(=O)C2(c3ccccc3)CCN(C(C)=O)CC2)cc1. The first-order valence-corrected chi connectivity index (χ1v) is 9.26. The van der Waals surface area contributed by atoms with Gasteiger partial charge in [-0.2, -0.15) is 0 Å². The Morgan fingerprint density at radius 3 is 2.15 bits per heavy atom. The van der Waals surface area contributed by atoms with Crippen LogP contribution < -0.4 is 5.32 Å². The third-order valence-electron chi connectivity index (χ3n) is 5.44. The summed E-state index contributed by atoms with van der Waals surface area (Å²) in [5, 5.41) is 3.10. The Morgan fingerprint density at radius 1 is 1.00 bits per heavy atom. The van der Waals surface area contributed by atoms with E-state index in [4.69, 9.17) is 0 Å². The minimum Gasteiger partial charge on any atom is -0.343 e. The molecule has 1 fully saturated rings. The molecule has 1 saturated heterocycles. The molecule has 3 rings (SSSR count). The molecule has 2 aromatic rings. The second kappa shape index (κ2) is 7.73. The van der Waals surface area contributed by atoms with Crippen LogP contribution in [0.4, 0.5) is 5.69 Å². The summed E-state index contributed by atoms with van der Waals surface area (Å²) < 4.78 is 0. The first-order valence-electron chi connectivity index (χ1n) is 9.26. The maximum absolute atomic E-state index is 13.3. The first-order chi connectivity index (χ1) is 12.5. The number of aryl methyl sites for hydroxylation is 1. The van der Waals surface area contributed by atoms with Crippen LogP contribution in [0, 0.1) is 0 Å². The van der Waals surface area contributed by atoms with Gasteiger partial charge in [0.1, 0.15) is 0 Å². The van der Waals surface area contributed by atoms with Crippen molar-refractivity contribution in [3.05, 3.63) is 65.7 Å². The van der Waals surface area contributed by atoms with Crippen molar-refractivity contribution < 1.29 is 9.59 Å². The summed E-state index contributed by atoms with van der Waals surface area (Å²) in [4.78, 5) is 26.8. The minimum absolute atomic E-state index is 0.0103. The van der Waals surface area contributed by atoms with Crippen molar-refractivity contribution in [2.75, 3.05) is 18.4 Å². The molecule has 0 aromatic heterocycles. The van der Waals surface area contributed by atoms with Crippen LogP contribution in [-0.2, 0) is 21.4 Å². The van der Waals surface area contributed by atoms with Crippen LogP contribution in [0.1, 0.15) is 37.8 Å². The van der Waals surface area contributed by atoms with Crippen molar-refractivity contribution in [3.8, 4) is 0 Å². The lowest BCUT2D eigenvalue weighted by Crippen LogP contribution is -2.50. The van der Waals surface area contributed by atoms with E-state index in [1.807, 2.05) is 59.5 Å². The average molecular weight is 350 g/mol. The fourth-order valence-corrected chi connectivity index (χ4v) is 3.68. The number of piperidine rings is 1. The third kappa shape index (κ3) is 3.64. The van der Waals surface area contributed by atoms with Crippen LogP contribution in [0.15, 0.2) is 54.6 Å². The molecule has 0 saturated carbocycles. The average Bonchev–Trinajstić information content (AvgIpc) is 2.69. The summed E-state index contributed by atoms with van der Waals surface area (Å²) >= 11 is 0. The number of hydrogen-bond donors (Lipinski definition) is 1. The third-order valence-corrected chi connectivity index (χ3v) is 5.44. The summed E-state index contributed by atoms with van der Waals surface area (Å²) in [6.45, 7) is 4.91. The fourth-order valence-electron chi connectivity index (χ4n) is 3.68. The number of carbonyl (C=O) groups is 2. The van der Waals surface area contributed by atoms with Gasteiger partial charge in [0.2, 0.25) is 11.8 Å². The van der Waals surface area contributed by atoms with Crippen molar-refractivity contribution in [3.63, 3.8) is 0 Å². The van der Waals surface area contributed by atoms with Gasteiger partial charge in [-0.1, -0.05) is 49.4 Å². The molecule has 1 heterocycles. The van der Waals surface area contributed by atoms with Gasteiger partial charge in [-0.3, -0.25) is 9.59 Å². The van der Waals surface area contributed by atoms with Crippen molar-refractivity contribution >= 4 is 17.5 Å². The molecule has 1 aliphatic rings. The molecule has 0 unspecified atom stereocenters. The Labute approximate surface area is 155 Å². The van der Waals surface area contributed by atoms with Gasteiger partial charge in [0, 0.05) is 25.7 Å². The molecule has 2 amide bonds. The molecule has 1 N–H and O–H groups in total. The lowest BCUT2D eigenvalue weighted by atomic mass is 9.72. The molecule has 4 heteroatoms. The first kappa shape index (κ1) is 18.2. The molecule has 1 aliphatic heterocycles. The zero-order valence-electron chi connectivity index (χ0n) is 15.5. The Morgan fingerprint density at radius 2 is 1.62 bits per heavy atom. The maximum Gasteiger partial charge on any atom is 0.235 e. The van der Waals surface area contributed by atoms with Crippen molar-refractivity contribution in [1.82, 2.24) is 4.90 Å². The highest BCUT2D eigenvalue weighted by Gasteiger charge is 2.43. The van der Waals surface area contributed by atoms with Gasteiger partial charge >= 0.3 is 0 Å². The second-order valence-electron chi connectivity index (χ2n) is 6.96. The van der Waals surface area contributed by atoms with Gasteiger partial charge in [-0.05, 0) is 42.5 Å². The zero-order chi connectivity index (χ0) is 18.6. The Kier molecular flexibility index (Phi) is 5.40. The smallest absolute Gasteiger partial charge is 0.235 e. The summed E-state index contributed by atoms with van der Waals surface area (Å²) in [6, 6.07) is 17.9. The second-order valence-corrected chi connectivity index (χ2v) is 6.96. The monoisotopic (exact) mass is 350 g/mol. The van der Waals surface area contributed by atoms with E-state index in [0.29, 0.717) is 25.9 Å². The van der Waals surface area contributed by atoms with Crippen molar-refractivity contribution in [2.24, 2.45) is 0 Å². The van der Waals surface area contributed by atoms with E-state index in [9.17, 15) is 9.59 Å². The van der Waals surface area contributed by atoms with Gasteiger partial charge in [0.15, 0.2) is 0 Å². The number of benzene rings is 2. The Balaban J connectivity index is 1.86. The van der Waals surface area contributed by atoms with E-state index in [1.165, 1.54) is 5.56 Å². The van der Waals surface area contributed by atoms with E-state index < -0.39 is 5.41 Å². The Hall–Kier alpha value is -2.62. The molecule has 0 aliphatic carbocycles. The van der Waals surface area contributed by atoms with E-state index >= 15 is 0 Å². The number of nitrogens with one attached hydrogen (secondary N) is 1. The zero-order valence-corrected chi connectivity index (χ0v) is 15.5. The van der Waals surface area contributed by atoms with E-state index in [0.717, 1.165) is 17.7 Å². The lowest BCUT2D eigenvalue weighted by molar-refractivity contribution is -0.133. The number of likely N-dealkylation sites (tertiary alicyclic amines) is 1. The van der Waals surface area contributed by atoms with Crippen LogP contribution in [0.5, 0.6) is 0 Å². The number of nitrogens with zero attached hydrogens (tertiary/aromatic N) is 1. The molecule has 0 radical (unpaired) electrons. The highest BCUT2D eigenvalue weighted by Crippen LogP contribution is 2.37. The van der Waals surface area contributed by atoms with Crippen molar-refractivity contribution in [1.29, 1.82) is 0 Å². The van der Waals surface area contributed by atoms with Crippen molar-refractivity contribution in [2.45, 2.75) is 38.5 Å². The highest BCUT2D eigenvalue weighted by molar-refractivity contribution is 5.99. The lowest BCUT2D eigenvalue weighted by Gasteiger charge is -2.40. The van der Waals surface area contributed by atoms with Crippen LogP contribution in [0.3, 0.4) is 0 Å². The predicted molar refractivity (Wildman–Crippen MR) is 104 cm³/mol. The topological polar surface area (TPSA) is 49.4 Å². The maximum atomic E-state index is 13.3. The fraction of sp³-hybridized carbons (Fsp3) is 0.364. The molecule has 26 heavy (non-hydrogen) atoms. The summed E-state index contributed by atoms with van der Waals surface area (Å²) in [5.74, 6) is 0.0818. The molecular weight excluding hydrogens is 324 g/mol. The minimum atomic E-state index is -0.601. The molecule has 4 nitrogen and oxygen atoms in total. The van der Waals surface area contributed by atoms with Gasteiger partial charge in [0.05, 0.1) is 5.41 Å². The van der Waals surface area contributed by atoms with E-state index in [2.05, 4.69) is 12.2 Å². The highest BCUT2D eigenvalue weighted by atomic mass is 16.2. The molecule has 136 valence electrons. The molecule has 0 spiro atoms.